The molecule has 1 heterocycles. The number of benzene rings is 1. The molecule has 0 aliphatic carbocycles. The number of carbonyl (C=O) groups excluding carboxylic acids is 1. The Hall–Kier alpha value is -1.06. The molecule has 116 valence electrons. The number of amides is 1. The van der Waals surface area contributed by atoms with Crippen molar-refractivity contribution in [2.24, 2.45) is 5.92 Å². The molecule has 0 saturated carbocycles. The molecule has 4 heteroatoms. The minimum atomic E-state index is 0.123. The van der Waals surface area contributed by atoms with Crippen LogP contribution in [0, 0.1) is 5.92 Å². The van der Waals surface area contributed by atoms with Crippen LogP contribution in [-0.4, -0.2) is 30.4 Å². The lowest BCUT2D eigenvalue weighted by molar-refractivity contribution is -0.126. The van der Waals surface area contributed by atoms with Gasteiger partial charge in [0.05, 0.1) is 5.92 Å². The lowest BCUT2D eigenvalue weighted by atomic mass is 9.96. The first-order valence-electron chi connectivity index (χ1n) is 7.94. The molecule has 2 rings (SSSR count). The first-order chi connectivity index (χ1) is 10.2. The molecule has 0 radical (unpaired) electrons. The quantitative estimate of drug-likeness (QED) is 0.816. The van der Waals surface area contributed by atoms with E-state index in [1.165, 1.54) is 0 Å². The topological polar surface area (TPSA) is 32.3 Å². The normalized spacial score (nSPS) is 19.4. The predicted octanol–water partition coefficient (Wildman–Crippen LogP) is 3.47. The van der Waals surface area contributed by atoms with Crippen LogP contribution in [0.3, 0.4) is 0 Å². The summed E-state index contributed by atoms with van der Waals surface area (Å²) in [7, 11) is 0. The second-order valence-corrected chi connectivity index (χ2v) is 6.22. The molecular formula is C17H25ClN2O. The Morgan fingerprint density at radius 2 is 2.24 bits per heavy atom. The van der Waals surface area contributed by atoms with Crippen LogP contribution in [0.1, 0.15) is 38.2 Å². The van der Waals surface area contributed by atoms with Gasteiger partial charge in [-0.2, -0.15) is 0 Å². The van der Waals surface area contributed by atoms with Crippen molar-refractivity contribution in [1.29, 1.82) is 0 Å². The van der Waals surface area contributed by atoms with E-state index in [1.54, 1.807) is 0 Å². The molecule has 0 aromatic heterocycles. The lowest BCUT2D eigenvalue weighted by Gasteiger charge is -2.32. The standard InChI is InChI=1S/C17H25ClN2O/c1-2-3-10-19-17(21)15-8-6-11-20(13-15)12-14-7-4-5-9-16(14)18/h4-5,7,9,15H,2-3,6,8,10-13H2,1H3,(H,19,21). The summed E-state index contributed by atoms with van der Waals surface area (Å²) in [6, 6.07) is 7.95. The molecule has 1 fully saturated rings. The monoisotopic (exact) mass is 308 g/mol. The van der Waals surface area contributed by atoms with E-state index < -0.39 is 0 Å². The van der Waals surface area contributed by atoms with E-state index >= 15 is 0 Å². The molecule has 1 atom stereocenters. The third-order valence-corrected chi connectivity index (χ3v) is 4.43. The summed E-state index contributed by atoms with van der Waals surface area (Å²) >= 11 is 6.22. The van der Waals surface area contributed by atoms with Crippen molar-refractivity contribution in [2.75, 3.05) is 19.6 Å². The maximum atomic E-state index is 12.2. The molecule has 1 saturated heterocycles. The smallest absolute Gasteiger partial charge is 0.224 e. The number of nitrogens with zero attached hydrogens (tertiary/aromatic N) is 1. The molecule has 1 aromatic rings. The number of nitrogens with one attached hydrogen (secondary N) is 1. The third-order valence-electron chi connectivity index (χ3n) is 4.06. The Labute approximate surface area is 132 Å². The van der Waals surface area contributed by atoms with Gasteiger partial charge >= 0.3 is 0 Å². The SMILES string of the molecule is CCCCNC(=O)C1CCCN(Cc2ccccc2Cl)C1. The van der Waals surface area contributed by atoms with Gasteiger partial charge in [0.2, 0.25) is 5.91 Å². The van der Waals surface area contributed by atoms with E-state index in [0.717, 1.165) is 62.4 Å². The number of likely N-dealkylation sites (tertiary alicyclic amines) is 1. The van der Waals surface area contributed by atoms with Gasteiger partial charge in [-0.25, -0.2) is 0 Å². The largest absolute Gasteiger partial charge is 0.356 e. The van der Waals surface area contributed by atoms with Gasteiger partial charge in [0.25, 0.3) is 0 Å². The van der Waals surface area contributed by atoms with Gasteiger partial charge in [0.15, 0.2) is 0 Å². The average molecular weight is 309 g/mol. The number of rotatable bonds is 6. The zero-order valence-corrected chi connectivity index (χ0v) is 13.5. The van der Waals surface area contributed by atoms with Gasteiger partial charge in [-0.05, 0) is 37.4 Å². The fraction of sp³-hybridized carbons (Fsp3) is 0.588. The Bertz CT molecular complexity index is 464. The van der Waals surface area contributed by atoms with E-state index in [2.05, 4.69) is 23.2 Å². The van der Waals surface area contributed by atoms with E-state index in [0.29, 0.717) is 0 Å². The molecule has 1 aliphatic rings. The summed E-state index contributed by atoms with van der Waals surface area (Å²) < 4.78 is 0. The molecule has 1 amide bonds. The Balaban J connectivity index is 1.86. The van der Waals surface area contributed by atoms with Gasteiger partial charge < -0.3 is 5.32 Å². The van der Waals surface area contributed by atoms with Gasteiger partial charge in [-0.15, -0.1) is 0 Å². The fourth-order valence-corrected chi connectivity index (χ4v) is 3.01. The zero-order chi connectivity index (χ0) is 15.1. The van der Waals surface area contributed by atoms with E-state index in [1.807, 2.05) is 18.2 Å². The van der Waals surface area contributed by atoms with E-state index in [9.17, 15) is 4.79 Å². The van der Waals surface area contributed by atoms with Crippen LogP contribution in [0.5, 0.6) is 0 Å². The molecule has 1 aliphatic heterocycles. The van der Waals surface area contributed by atoms with Crippen molar-refractivity contribution in [1.82, 2.24) is 10.2 Å². The van der Waals surface area contributed by atoms with Crippen LogP contribution < -0.4 is 5.32 Å². The first-order valence-corrected chi connectivity index (χ1v) is 8.32. The van der Waals surface area contributed by atoms with Gasteiger partial charge in [-0.3, -0.25) is 9.69 Å². The molecule has 3 nitrogen and oxygen atoms in total. The number of halogens is 1. The highest BCUT2D eigenvalue weighted by molar-refractivity contribution is 6.31. The zero-order valence-electron chi connectivity index (χ0n) is 12.8. The van der Waals surface area contributed by atoms with Crippen LogP contribution in [0.25, 0.3) is 0 Å². The highest BCUT2D eigenvalue weighted by atomic mass is 35.5. The van der Waals surface area contributed by atoms with Gasteiger partial charge in [0.1, 0.15) is 0 Å². The molecular weight excluding hydrogens is 284 g/mol. The summed E-state index contributed by atoms with van der Waals surface area (Å²) in [5.41, 5.74) is 1.14. The van der Waals surface area contributed by atoms with Crippen molar-refractivity contribution in [2.45, 2.75) is 39.2 Å². The molecule has 21 heavy (non-hydrogen) atoms. The second kappa shape index (κ2) is 8.40. The molecule has 1 unspecified atom stereocenters. The first kappa shape index (κ1) is 16.3. The Morgan fingerprint density at radius 1 is 1.43 bits per heavy atom. The number of carbonyl (C=O) groups is 1. The number of hydrogen-bond acceptors (Lipinski definition) is 2. The summed E-state index contributed by atoms with van der Waals surface area (Å²) in [5.74, 6) is 0.338. The van der Waals surface area contributed by atoms with Crippen molar-refractivity contribution in [3.63, 3.8) is 0 Å². The lowest BCUT2D eigenvalue weighted by Crippen LogP contribution is -2.42. The fourth-order valence-electron chi connectivity index (χ4n) is 2.81. The van der Waals surface area contributed by atoms with Crippen LogP contribution >= 0.6 is 11.6 Å². The van der Waals surface area contributed by atoms with Crippen molar-refractivity contribution in [3.8, 4) is 0 Å². The van der Waals surface area contributed by atoms with Crippen LogP contribution in [0.4, 0.5) is 0 Å². The van der Waals surface area contributed by atoms with E-state index in [-0.39, 0.29) is 11.8 Å². The predicted molar refractivity (Wildman–Crippen MR) is 87.4 cm³/mol. The molecule has 1 aromatic carbocycles. The average Bonchev–Trinajstić information content (AvgIpc) is 2.50. The Kier molecular flexibility index (Phi) is 6.52. The molecule has 0 spiro atoms. The maximum Gasteiger partial charge on any atom is 0.224 e. The highest BCUT2D eigenvalue weighted by Crippen LogP contribution is 2.22. The van der Waals surface area contributed by atoms with Crippen molar-refractivity contribution in [3.05, 3.63) is 34.9 Å². The van der Waals surface area contributed by atoms with Crippen molar-refractivity contribution < 1.29 is 4.79 Å². The summed E-state index contributed by atoms with van der Waals surface area (Å²) in [6.07, 6.45) is 4.25. The number of piperidine rings is 1. The molecule has 0 bridgehead atoms. The Morgan fingerprint density at radius 3 is 3.00 bits per heavy atom. The highest BCUT2D eigenvalue weighted by Gasteiger charge is 2.25. The summed E-state index contributed by atoms with van der Waals surface area (Å²) in [5, 5.41) is 3.87. The summed E-state index contributed by atoms with van der Waals surface area (Å²) in [4.78, 5) is 14.5. The van der Waals surface area contributed by atoms with Crippen LogP contribution in [0.15, 0.2) is 24.3 Å². The van der Waals surface area contributed by atoms with Gasteiger partial charge in [0, 0.05) is 24.7 Å². The number of hydrogen-bond donors (Lipinski definition) is 1. The minimum absolute atomic E-state index is 0.123. The van der Waals surface area contributed by atoms with Crippen LogP contribution in [-0.2, 0) is 11.3 Å². The number of unbranched alkanes of at least 4 members (excludes halogenated alkanes) is 1. The molecule has 1 N–H and O–H groups in total. The minimum Gasteiger partial charge on any atom is -0.356 e. The summed E-state index contributed by atoms with van der Waals surface area (Å²) in [6.45, 7) is 5.65. The maximum absolute atomic E-state index is 12.2. The second-order valence-electron chi connectivity index (χ2n) is 5.81. The van der Waals surface area contributed by atoms with E-state index in [4.69, 9.17) is 11.6 Å². The van der Waals surface area contributed by atoms with Crippen LogP contribution in [0.2, 0.25) is 5.02 Å². The third kappa shape index (κ3) is 5.01. The van der Waals surface area contributed by atoms with Gasteiger partial charge in [-0.1, -0.05) is 43.1 Å². The van der Waals surface area contributed by atoms with Crippen molar-refractivity contribution >= 4 is 17.5 Å².